The lowest BCUT2D eigenvalue weighted by Crippen LogP contribution is -2.33. The second kappa shape index (κ2) is 9.65. The molecule has 2 bridgehead atoms. The highest BCUT2D eigenvalue weighted by molar-refractivity contribution is 6.23. The summed E-state index contributed by atoms with van der Waals surface area (Å²) in [6.07, 6.45) is 2.95. The van der Waals surface area contributed by atoms with E-state index in [9.17, 15) is 24.0 Å². The lowest BCUT2D eigenvalue weighted by molar-refractivity contribution is -0.123. The van der Waals surface area contributed by atoms with Crippen LogP contribution in [0.4, 0.5) is 11.4 Å². The molecule has 1 N–H and O–H groups in total. The molecule has 3 aliphatic rings. The summed E-state index contributed by atoms with van der Waals surface area (Å²) in [5.41, 5.74) is 2.39. The number of amides is 3. The van der Waals surface area contributed by atoms with Gasteiger partial charge in [0, 0.05) is 5.69 Å². The van der Waals surface area contributed by atoms with Crippen molar-refractivity contribution in [3.05, 3.63) is 71.3 Å². The molecule has 5 rings (SSSR count). The summed E-state index contributed by atoms with van der Waals surface area (Å²) >= 11 is 0. The third-order valence-corrected chi connectivity index (χ3v) is 7.23. The van der Waals surface area contributed by atoms with E-state index in [1.807, 2.05) is 6.92 Å². The number of carbonyl (C=O) groups is 5. The molecule has 1 aliphatic heterocycles. The van der Waals surface area contributed by atoms with Crippen LogP contribution in [0.25, 0.3) is 0 Å². The fraction of sp³-hybridized carbons (Fsp3) is 0.321. The Labute approximate surface area is 213 Å². The topological polar surface area (TPSA) is 119 Å². The van der Waals surface area contributed by atoms with Gasteiger partial charge in [0.15, 0.2) is 6.61 Å². The van der Waals surface area contributed by atoms with Crippen molar-refractivity contribution in [1.29, 1.82) is 0 Å². The number of allylic oxidation sites excluding steroid dienone is 2. The summed E-state index contributed by atoms with van der Waals surface area (Å²) in [6.45, 7) is 3.44. The van der Waals surface area contributed by atoms with Crippen LogP contribution in [0.1, 0.15) is 41.0 Å². The second-order valence-corrected chi connectivity index (χ2v) is 9.45. The molecule has 9 heteroatoms. The number of rotatable bonds is 7. The van der Waals surface area contributed by atoms with E-state index in [0.29, 0.717) is 16.9 Å². The molecule has 1 saturated heterocycles. The highest BCUT2D eigenvalue weighted by atomic mass is 16.5. The van der Waals surface area contributed by atoms with Crippen LogP contribution >= 0.6 is 0 Å². The van der Waals surface area contributed by atoms with Gasteiger partial charge in [-0.05, 0) is 74.6 Å². The van der Waals surface area contributed by atoms with Gasteiger partial charge >= 0.3 is 11.9 Å². The molecular formula is C28H26N2O7. The van der Waals surface area contributed by atoms with Crippen molar-refractivity contribution in [1.82, 2.24) is 0 Å². The number of benzene rings is 2. The van der Waals surface area contributed by atoms with E-state index in [1.165, 1.54) is 46.9 Å². The number of hydrogen-bond donors (Lipinski definition) is 1. The van der Waals surface area contributed by atoms with Crippen molar-refractivity contribution in [2.75, 3.05) is 23.4 Å². The molecule has 0 unspecified atom stereocenters. The highest BCUT2D eigenvalue weighted by Gasteiger charge is 2.60. The van der Waals surface area contributed by atoms with Crippen molar-refractivity contribution in [3.63, 3.8) is 0 Å². The standard InChI is InChI=1S/C28H26N2O7/c1-3-36-27(34)16-7-9-19(10-8-16)29-22(31)14-37-28(35)17-5-4-6-20(12-17)30-25(32)23-18-11-15(2)21(13-18)24(23)26(30)33/h4-12,18,21,23-24H,3,13-14H2,1-2H3,(H,29,31)/t18-,21+,23-,24+/m0/s1. The zero-order chi connectivity index (χ0) is 26.3. The molecule has 3 amide bonds. The van der Waals surface area contributed by atoms with E-state index in [1.54, 1.807) is 19.1 Å². The predicted octanol–water partition coefficient (Wildman–Crippen LogP) is 3.36. The largest absolute Gasteiger partial charge is 0.462 e. The van der Waals surface area contributed by atoms with E-state index >= 15 is 0 Å². The van der Waals surface area contributed by atoms with Gasteiger partial charge in [0.05, 0.1) is 35.3 Å². The molecule has 2 fully saturated rings. The molecule has 4 atom stereocenters. The van der Waals surface area contributed by atoms with Crippen LogP contribution in [0.2, 0.25) is 0 Å². The third-order valence-electron chi connectivity index (χ3n) is 7.23. The fourth-order valence-electron chi connectivity index (χ4n) is 5.62. The Morgan fingerprint density at radius 2 is 1.65 bits per heavy atom. The van der Waals surface area contributed by atoms with Crippen LogP contribution in [0.15, 0.2) is 60.2 Å². The number of nitrogens with one attached hydrogen (secondary N) is 1. The van der Waals surface area contributed by atoms with Gasteiger partial charge in [-0.25, -0.2) is 14.5 Å². The average molecular weight is 503 g/mol. The molecule has 2 aromatic rings. The first-order chi connectivity index (χ1) is 17.8. The zero-order valence-electron chi connectivity index (χ0n) is 20.4. The van der Waals surface area contributed by atoms with Crippen LogP contribution in [0.3, 0.4) is 0 Å². The van der Waals surface area contributed by atoms with Gasteiger partial charge in [-0.1, -0.05) is 17.7 Å². The second-order valence-electron chi connectivity index (χ2n) is 9.45. The molecule has 9 nitrogen and oxygen atoms in total. The number of fused-ring (bicyclic) bond motifs is 5. The van der Waals surface area contributed by atoms with Gasteiger partial charge in [0.1, 0.15) is 0 Å². The Morgan fingerprint density at radius 3 is 2.38 bits per heavy atom. The first-order valence-electron chi connectivity index (χ1n) is 12.2. The van der Waals surface area contributed by atoms with Crippen molar-refractivity contribution in [2.24, 2.45) is 23.7 Å². The summed E-state index contributed by atoms with van der Waals surface area (Å²) in [6, 6.07) is 12.2. The molecular weight excluding hydrogens is 476 g/mol. The van der Waals surface area contributed by atoms with Crippen molar-refractivity contribution in [2.45, 2.75) is 20.3 Å². The minimum Gasteiger partial charge on any atom is -0.462 e. The fourth-order valence-corrected chi connectivity index (χ4v) is 5.62. The summed E-state index contributed by atoms with van der Waals surface area (Å²) in [5.74, 6) is -2.74. The molecule has 0 aromatic heterocycles. The Kier molecular flexibility index (Phi) is 6.37. The van der Waals surface area contributed by atoms with Crippen LogP contribution in [-0.4, -0.2) is 42.9 Å². The van der Waals surface area contributed by atoms with Gasteiger partial charge in [-0.15, -0.1) is 0 Å². The number of ether oxygens (including phenoxy) is 2. The lowest BCUT2D eigenvalue weighted by atomic mass is 9.82. The van der Waals surface area contributed by atoms with E-state index in [2.05, 4.69) is 11.4 Å². The average Bonchev–Trinajstić information content (AvgIpc) is 3.53. The van der Waals surface area contributed by atoms with Gasteiger partial charge in [0.2, 0.25) is 11.8 Å². The monoisotopic (exact) mass is 502 g/mol. The van der Waals surface area contributed by atoms with Gasteiger partial charge in [-0.3, -0.25) is 14.4 Å². The Balaban J connectivity index is 1.20. The number of imide groups is 1. The molecule has 37 heavy (non-hydrogen) atoms. The number of esters is 2. The number of carbonyl (C=O) groups excluding carboxylic acids is 5. The smallest absolute Gasteiger partial charge is 0.338 e. The number of nitrogens with zero attached hydrogens (tertiary/aromatic N) is 1. The molecule has 0 radical (unpaired) electrons. The highest BCUT2D eigenvalue weighted by Crippen LogP contribution is 2.55. The zero-order valence-corrected chi connectivity index (χ0v) is 20.4. The minimum absolute atomic E-state index is 0.0875. The molecule has 0 spiro atoms. The van der Waals surface area contributed by atoms with E-state index in [4.69, 9.17) is 9.47 Å². The maximum Gasteiger partial charge on any atom is 0.338 e. The van der Waals surface area contributed by atoms with Crippen LogP contribution in [0, 0.1) is 23.7 Å². The van der Waals surface area contributed by atoms with Crippen LogP contribution < -0.4 is 10.2 Å². The minimum atomic E-state index is -0.758. The third kappa shape index (κ3) is 4.41. The van der Waals surface area contributed by atoms with E-state index in [-0.39, 0.29) is 47.7 Å². The molecule has 2 aromatic carbocycles. The Bertz CT molecular complexity index is 1330. The molecule has 2 aliphatic carbocycles. The summed E-state index contributed by atoms with van der Waals surface area (Å²) < 4.78 is 10.1. The SMILES string of the molecule is CCOC(=O)c1ccc(NC(=O)COC(=O)c2cccc(N3C(=O)[C@@H]4[C@H](C3=O)[C@@H]3C[C@@H]4C=C3C)c2)cc1. The van der Waals surface area contributed by atoms with E-state index < -0.39 is 24.5 Å². The Morgan fingerprint density at radius 1 is 0.946 bits per heavy atom. The van der Waals surface area contributed by atoms with Crippen molar-refractivity contribution >= 4 is 41.0 Å². The van der Waals surface area contributed by atoms with Gasteiger partial charge < -0.3 is 14.8 Å². The predicted molar refractivity (Wildman–Crippen MR) is 133 cm³/mol. The first kappa shape index (κ1) is 24.4. The maximum atomic E-state index is 13.2. The molecule has 1 saturated carbocycles. The normalized spacial score (nSPS) is 23.5. The summed E-state index contributed by atoms with van der Waals surface area (Å²) in [5, 5.41) is 2.58. The van der Waals surface area contributed by atoms with Gasteiger partial charge in [0.25, 0.3) is 5.91 Å². The first-order valence-corrected chi connectivity index (χ1v) is 12.2. The summed E-state index contributed by atoms with van der Waals surface area (Å²) in [7, 11) is 0. The molecule has 1 heterocycles. The van der Waals surface area contributed by atoms with E-state index in [0.717, 1.165) is 6.42 Å². The van der Waals surface area contributed by atoms with Crippen molar-refractivity contribution in [3.8, 4) is 0 Å². The quantitative estimate of drug-likeness (QED) is 0.350. The maximum absolute atomic E-state index is 13.2. The van der Waals surface area contributed by atoms with Crippen LogP contribution in [-0.2, 0) is 23.9 Å². The molecule has 190 valence electrons. The lowest BCUT2D eigenvalue weighted by Gasteiger charge is -2.19. The van der Waals surface area contributed by atoms with Gasteiger partial charge in [-0.2, -0.15) is 0 Å². The number of anilines is 2. The summed E-state index contributed by atoms with van der Waals surface area (Å²) in [4.78, 5) is 64.1. The van der Waals surface area contributed by atoms with Crippen molar-refractivity contribution < 1.29 is 33.4 Å². The van der Waals surface area contributed by atoms with Crippen LogP contribution in [0.5, 0.6) is 0 Å². The Hall–Kier alpha value is -4.27. The number of hydrogen-bond acceptors (Lipinski definition) is 7.